The van der Waals surface area contributed by atoms with Gasteiger partial charge in [0.15, 0.2) is 0 Å². The van der Waals surface area contributed by atoms with Crippen LogP contribution in [0.3, 0.4) is 0 Å². The van der Waals surface area contributed by atoms with Crippen molar-refractivity contribution in [1.29, 1.82) is 0 Å². The Hall–Kier alpha value is -0.330. The first-order valence-corrected chi connectivity index (χ1v) is 5.61. The zero-order valence-electron chi connectivity index (χ0n) is 9.60. The van der Waals surface area contributed by atoms with Crippen LogP contribution in [0.2, 0.25) is 0 Å². The third-order valence-electron chi connectivity index (χ3n) is 2.89. The topological polar surface area (TPSA) is 17.1 Å². The first-order chi connectivity index (χ1) is 6.10. The van der Waals surface area contributed by atoms with Crippen LogP contribution in [0, 0.1) is 11.8 Å². The lowest BCUT2D eigenvalue weighted by atomic mass is 10.1. The Labute approximate surface area is 82.9 Å². The van der Waals surface area contributed by atoms with Gasteiger partial charge in [0.25, 0.3) is 0 Å². The molecule has 1 unspecified atom stereocenters. The molecule has 13 heavy (non-hydrogen) atoms. The molecule has 0 saturated heterocycles. The first kappa shape index (κ1) is 12.7. The fourth-order valence-electron chi connectivity index (χ4n) is 1.29. The van der Waals surface area contributed by atoms with Gasteiger partial charge in [-0.3, -0.25) is 4.79 Å². The van der Waals surface area contributed by atoms with Crippen molar-refractivity contribution in [2.24, 2.45) is 11.8 Å². The molecule has 1 saturated carbocycles. The molecule has 78 valence electrons. The smallest absolute Gasteiger partial charge is 0.133 e. The molecule has 1 atom stereocenters. The van der Waals surface area contributed by atoms with Gasteiger partial charge in [-0.1, -0.05) is 40.5 Å². The lowest BCUT2D eigenvalue weighted by molar-refractivity contribution is -0.117. The molecule has 0 aliphatic heterocycles. The van der Waals surface area contributed by atoms with Gasteiger partial charge in [0.1, 0.15) is 5.78 Å². The molecule has 1 heteroatoms. The van der Waals surface area contributed by atoms with E-state index in [-0.39, 0.29) is 0 Å². The molecule has 0 amide bonds. The van der Waals surface area contributed by atoms with Gasteiger partial charge in [-0.25, -0.2) is 0 Å². The molecule has 0 radical (unpaired) electrons. The molecular formula is C12H24O. The zero-order valence-corrected chi connectivity index (χ0v) is 9.60. The van der Waals surface area contributed by atoms with E-state index in [0.717, 1.165) is 25.2 Å². The van der Waals surface area contributed by atoms with E-state index < -0.39 is 0 Å². The molecule has 1 fully saturated rings. The third kappa shape index (κ3) is 6.80. The molecule has 0 heterocycles. The van der Waals surface area contributed by atoms with Crippen molar-refractivity contribution in [2.75, 3.05) is 0 Å². The highest BCUT2D eigenvalue weighted by Crippen LogP contribution is 2.19. The van der Waals surface area contributed by atoms with E-state index in [1.54, 1.807) is 0 Å². The monoisotopic (exact) mass is 184 g/mol. The Morgan fingerprint density at radius 1 is 1.38 bits per heavy atom. The summed E-state index contributed by atoms with van der Waals surface area (Å²) < 4.78 is 0. The van der Waals surface area contributed by atoms with Crippen LogP contribution in [0.25, 0.3) is 0 Å². The molecular weight excluding hydrogens is 160 g/mol. The van der Waals surface area contributed by atoms with Gasteiger partial charge < -0.3 is 0 Å². The normalized spacial score (nSPS) is 21.6. The fourth-order valence-corrected chi connectivity index (χ4v) is 1.29. The Bertz CT molecular complexity index is 136. The number of Topliss-reactive ketones (excluding diaryl/α,β-unsaturated/α-hetero) is 1. The maximum absolute atomic E-state index is 10.5. The molecule has 0 aromatic rings. The summed E-state index contributed by atoms with van der Waals surface area (Å²) in [7, 11) is 0. The van der Waals surface area contributed by atoms with Gasteiger partial charge in [0.2, 0.25) is 0 Å². The molecule has 0 aromatic heterocycles. The largest absolute Gasteiger partial charge is 0.300 e. The zero-order chi connectivity index (χ0) is 10.3. The SMILES string of the molecule is CC1CCC(=O)C1.CCC(C)CC. The van der Waals surface area contributed by atoms with E-state index in [1.165, 1.54) is 12.8 Å². The van der Waals surface area contributed by atoms with E-state index in [9.17, 15) is 4.79 Å². The van der Waals surface area contributed by atoms with Crippen LogP contribution in [0.4, 0.5) is 0 Å². The van der Waals surface area contributed by atoms with Gasteiger partial charge in [0.05, 0.1) is 0 Å². The Morgan fingerprint density at radius 3 is 2.00 bits per heavy atom. The lowest BCUT2D eigenvalue weighted by Gasteiger charge is -1.98. The summed E-state index contributed by atoms with van der Waals surface area (Å²) in [5.74, 6) is 2.06. The molecule has 1 aliphatic carbocycles. The van der Waals surface area contributed by atoms with Crippen LogP contribution in [-0.2, 0) is 4.79 Å². The number of hydrogen-bond donors (Lipinski definition) is 0. The average molecular weight is 184 g/mol. The second-order valence-corrected chi connectivity index (χ2v) is 4.31. The number of carbonyl (C=O) groups is 1. The molecule has 1 aliphatic rings. The summed E-state index contributed by atoms with van der Waals surface area (Å²) in [6.45, 7) is 8.87. The second kappa shape index (κ2) is 7.11. The van der Waals surface area contributed by atoms with Gasteiger partial charge in [-0.15, -0.1) is 0 Å². The van der Waals surface area contributed by atoms with Crippen molar-refractivity contribution >= 4 is 5.78 Å². The maximum atomic E-state index is 10.5. The third-order valence-corrected chi connectivity index (χ3v) is 2.89. The van der Waals surface area contributed by atoms with Crippen LogP contribution in [-0.4, -0.2) is 5.78 Å². The molecule has 0 aromatic carbocycles. The van der Waals surface area contributed by atoms with E-state index in [4.69, 9.17) is 0 Å². The first-order valence-electron chi connectivity index (χ1n) is 5.61. The lowest BCUT2D eigenvalue weighted by Crippen LogP contribution is -1.86. The summed E-state index contributed by atoms with van der Waals surface area (Å²) in [4.78, 5) is 10.5. The Balaban J connectivity index is 0.000000226. The van der Waals surface area contributed by atoms with Crippen molar-refractivity contribution < 1.29 is 4.79 Å². The molecule has 0 bridgehead atoms. The summed E-state index contributed by atoms with van der Waals surface area (Å²) in [6, 6.07) is 0. The maximum Gasteiger partial charge on any atom is 0.133 e. The van der Waals surface area contributed by atoms with E-state index in [2.05, 4.69) is 27.7 Å². The van der Waals surface area contributed by atoms with Gasteiger partial charge in [-0.2, -0.15) is 0 Å². The van der Waals surface area contributed by atoms with Crippen molar-refractivity contribution in [1.82, 2.24) is 0 Å². The average Bonchev–Trinajstić information content (AvgIpc) is 2.49. The van der Waals surface area contributed by atoms with Gasteiger partial charge >= 0.3 is 0 Å². The highest BCUT2D eigenvalue weighted by Gasteiger charge is 2.16. The molecule has 0 spiro atoms. The van der Waals surface area contributed by atoms with E-state index in [0.29, 0.717) is 11.7 Å². The molecule has 0 N–H and O–H groups in total. The summed E-state index contributed by atoms with van der Waals surface area (Å²) in [5, 5.41) is 0. The van der Waals surface area contributed by atoms with E-state index >= 15 is 0 Å². The van der Waals surface area contributed by atoms with Gasteiger partial charge in [-0.05, 0) is 18.3 Å². The summed E-state index contributed by atoms with van der Waals surface area (Å²) in [6.07, 6.45) is 5.45. The number of carbonyl (C=O) groups excluding carboxylic acids is 1. The highest BCUT2D eigenvalue weighted by molar-refractivity contribution is 5.80. The van der Waals surface area contributed by atoms with Crippen molar-refractivity contribution in [2.45, 2.75) is 59.8 Å². The molecule has 1 nitrogen and oxygen atoms in total. The second-order valence-electron chi connectivity index (χ2n) is 4.31. The number of ketones is 1. The van der Waals surface area contributed by atoms with Crippen LogP contribution in [0.5, 0.6) is 0 Å². The quantitative estimate of drug-likeness (QED) is 0.637. The number of hydrogen-bond acceptors (Lipinski definition) is 1. The standard InChI is InChI=1S/C6H10O.C6H14/c1-5-2-3-6(7)4-5;1-4-6(3)5-2/h5H,2-4H2,1H3;6H,4-5H2,1-3H3. The number of rotatable bonds is 2. The predicted octanol–water partition coefficient (Wildman–Crippen LogP) is 3.82. The van der Waals surface area contributed by atoms with Crippen molar-refractivity contribution in [3.05, 3.63) is 0 Å². The minimum Gasteiger partial charge on any atom is -0.300 e. The minimum atomic E-state index is 0.451. The van der Waals surface area contributed by atoms with Crippen LogP contribution in [0.15, 0.2) is 0 Å². The van der Waals surface area contributed by atoms with Crippen LogP contribution < -0.4 is 0 Å². The van der Waals surface area contributed by atoms with Crippen molar-refractivity contribution in [3.8, 4) is 0 Å². The predicted molar refractivity (Wildman–Crippen MR) is 57.8 cm³/mol. The summed E-state index contributed by atoms with van der Waals surface area (Å²) in [5.41, 5.74) is 0. The molecule has 1 rings (SSSR count). The van der Waals surface area contributed by atoms with E-state index in [1.807, 2.05) is 0 Å². The van der Waals surface area contributed by atoms with Gasteiger partial charge in [0, 0.05) is 12.8 Å². The minimum absolute atomic E-state index is 0.451. The Kier molecular flexibility index (Phi) is 6.93. The highest BCUT2D eigenvalue weighted by atomic mass is 16.1. The Morgan fingerprint density at radius 2 is 1.92 bits per heavy atom. The van der Waals surface area contributed by atoms with Crippen LogP contribution in [0.1, 0.15) is 59.8 Å². The van der Waals surface area contributed by atoms with Crippen LogP contribution >= 0.6 is 0 Å². The summed E-state index contributed by atoms with van der Waals surface area (Å²) >= 11 is 0. The van der Waals surface area contributed by atoms with Crippen molar-refractivity contribution in [3.63, 3.8) is 0 Å². The fraction of sp³-hybridized carbons (Fsp3) is 0.917.